The number of aromatic nitrogens is 1. The van der Waals surface area contributed by atoms with E-state index in [4.69, 9.17) is 4.74 Å². The van der Waals surface area contributed by atoms with E-state index in [1.54, 1.807) is 11.3 Å². The molecule has 1 aliphatic rings. The third-order valence-electron chi connectivity index (χ3n) is 4.68. The summed E-state index contributed by atoms with van der Waals surface area (Å²) in [6.07, 6.45) is 5.19. The zero-order chi connectivity index (χ0) is 17.1. The van der Waals surface area contributed by atoms with Gasteiger partial charge in [0.2, 0.25) is 0 Å². The average Bonchev–Trinajstić information content (AvgIpc) is 3.20. The van der Waals surface area contributed by atoms with Crippen LogP contribution in [0.5, 0.6) is 0 Å². The second-order valence-corrected chi connectivity index (χ2v) is 7.43. The van der Waals surface area contributed by atoms with Crippen LogP contribution in [-0.2, 0) is 24.6 Å². The van der Waals surface area contributed by atoms with Gasteiger partial charge in [-0.3, -0.25) is 4.79 Å². The van der Waals surface area contributed by atoms with Crippen molar-refractivity contribution in [3.63, 3.8) is 0 Å². The lowest BCUT2D eigenvalue weighted by molar-refractivity contribution is -0.00437. The molecule has 0 saturated carbocycles. The van der Waals surface area contributed by atoms with Crippen LogP contribution in [0.2, 0.25) is 0 Å². The highest BCUT2D eigenvalue weighted by molar-refractivity contribution is 7.14. The van der Waals surface area contributed by atoms with Gasteiger partial charge in [-0.2, -0.15) is 0 Å². The summed E-state index contributed by atoms with van der Waals surface area (Å²) < 4.78 is 7.74. The molecule has 0 spiro atoms. The predicted octanol–water partition coefficient (Wildman–Crippen LogP) is 3.82. The van der Waals surface area contributed by atoms with Crippen LogP contribution in [0.1, 0.15) is 52.1 Å². The molecule has 2 aromatic heterocycles. The number of amides is 1. The molecule has 3 heterocycles. The van der Waals surface area contributed by atoms with Crippen molar-refractivity contribution in [1.82, 2.24) is 9.47 Å². The Morgan fingerprint density at radius 2 is 2.25 bits per heavy atom. The Hall–Kier alpha value is -1.59. The maximum absolute atomic E-state index is 13.2. The lowest BCUT2D eigenvalue weighted by Gasteiger charge is -2.35. The van der Waals surface area contributed by atoms with Gasteiger partial charge < -0.3 is 14.2 Å². The maximum Gasteiger partial charge on any atom is 0.264 e. The van der Waals surface area contributed by atoms with E-state index in [-0.39, 0.29) is 11.9 Å². The number of hydrogen-bond donors (Lipinski definition) is 0. The third-order valence-corrected chi connectivity index (χ3v) is 5.91. The largest absolute Gasteiger partial charge is 0.377 e. The maximum atomic E-state index is 13.2. The first kappa shape index (κ1) is 17.2. The molecule has 0 bridgehead atoms. The summed E-state index contributed by atoms with van der Waals surface area (Å²) >= 11 is 1.68. The fourth-order valence-electron chi connectivity index (χ4n) is 3.36. The fraction of sp³-hybridized carbons (Fsp3) is 0.526. The number of carbonyl (C=O) groups is 1. The zero-order valence-electron chi connectivity index (χ0n) is 14.7. The molecule has 1 fully saturated rings. The number of thiophene rings is 1. The molecule has 0 unspecified atom stereocenters. The van der Waals surface area contributed by atoms with E-state index in [2.05, 4.69) is 30.5 Å². The predicted molar refractivity (Wildman–Crippen MR) is 97.7 cm³/mol. The van der Waals surface area contributed by atoms with Gasteiger partial charge in [0.05, 0.1) is 24.1 Å². The van der Waals surface area contributed by atoms with E-state index in [0.29, 0.717) is 19.8 Å². The first-order valence-electron chi connectivity index (χ1n) is 8.77. The van der Waals surface area contributed by atoms with Gasteiger partial charge in [0.1, 0.15) is 0 Å². The SMILES string of the molecule is CCCc1sc(C(=O)N2CCOC[C@H]2c2cccn2C)cc1CC. The monoisotopic (exact) mass is 346 g/mol. The molecule has 0 N–H and O–H groups in total. The van der Waals surface area contributed by atoms with Crippen molar-refractivity contribution >= 4 is 17.2 Å². The Morgan fingerprint density at radius 3 is 2.92 bits per heavy atom. The first-order chi connectivity index (χ1) is 11.7. The summed E-state index contributed by atoms with van der Waals surface area (Å²) in [4.78, 5) is 17.4. The fourth-order valence-corrected chi connectivity index (χ4v) is 4.68. The zero-order valence-corrected chi connectivity index (χ0v) is 15.6. The van der Waals surface area contributed by atoms with Crippen LogP contribution < -0.4 is 0 Å². The van der Waals surface area contributed by atoms with Gasteiger partial charge >= 0.3 is 0 Å². The lowest BCUT2D eigenvalue weighted by atomic mass is 10.1. The van der Waals surface area contributed by atoms with Crippen LogP contribution in [0.15, 0.2) is 24.4 Å². The van der Waals surface area contributed by atoms with Gasteiger partial charge in [0.15, 0.2) is 0 Å². The number of nitrogens with zero attached hydrogens (tertiary/aromatic N) is 2. The van der Waals surface area contributed by atoms with Crippen LogP contribution in [0.4, 0.5) is 0 Å². The number of aryl methyl sites for hydroxylation is 3. The minimum absolute atomic E-state index is 0.00643. The highest BCUT2D eigenvalue weighted by Gasteiger charge is 2.31. The van der Waals surface area contributed by atoms with Crippen molar-refractivity contribution in [3.8, 4) is 0 Å². The Morgan fingerprint density at radius 1 is 1.42 bits per heavy atom. The minimum atomic E-state index is -0.00643. The molecule has 5 heteroatoms. The molecule has 24 heavy (non-hydrogen) atoms. The van der Waals surface area contributed by atoms with Gasteiger partial charge in [-0.25, -0.2) is 0 Å². The summed E-state index contributed by atoms with van der Waals surface area (Å²) in [5.41, 5.74) is 2.46. The van der Waals surface area contributed by atoms with Crippen LogP contribution in [0.3, 0.4) is 0 Å². The topological polar surface area (TPSA) is 34.5 Å². The van der Waals surface area contributed by atoms with E-state index in [1.165, 1.54) is 10.4 Å². The first-order valence-corrected chi connectivity index (χ1v) is 9.58. The molecule has 130 valence electrons. The second-order valence-electron chi connectivity index (χ2n) is 6.30. The van der Waals surface area contributed by atoms with Crippen molar-refractivity contribution in [3.05, 3.63) is 45.4 Å². The van der Waals surface area contributed by atoms with Crippen LogP contribution in [0.25, 0.3) is 0 Å². The van der Waals surface area contributed by atoms with Crippen LogP contribution in [0, 0.1) is 0 Å². The van der Waals surface area contributed by atoms with E-state index >= 15 is 0 Å². The van der Waals surface area contributed by atoms with Crippen molar-refractivity contribution in [1.29, 1.82) is 0 Å². The summed E-state index contributed by atoms with van der Waals surface area (Å²) in [6.45, 7) is 6.18. The smallest absolute Gasteiger partial charge is 0.264 e. The average molecular weight is 346 g/mol. The summed E-state index contributed by atoms with van der Waals surface area (Å²) in [6, 6.07) is 6.20. The summed E-state index contributed by atoms with van der Waals surface area (Å²) in [7, 11) is 2.02. The normalized spacial score (nSPS) is 18.1. The Labute approximate surface area is 148 Å². The molecule has 1 atom stereocenters. The third kappa shape index (κ3) is 3.28. The highest BCUT2D eigenvalue weighted by Crippen LogP contribution is 2.30. The molecular weight excluding hydrogens is 320 g/mol. The standard InChI is InChI=1S/C19H26N2O2S/c1-4-7-17-14(5-2)12-18(24-17)19(22)21-10-11-23-13-16(21)15-8-6-9-20(15)3/h6,8-9,12,16H,4-5,7,10-11,13H2,1-3H3/t16-/m0/s1. The van der Waals surface area contributed by atoms with Crippen molar-refractivity contribution < 1.29 is 9.53 Å². The Bertz CT molecular complexity index is 704. The Balaban J connectivity index is 1.88. The Kier molecular flexibility index (Phi) is 5.41. The van der Waals surface area contributed by atoms with E-state index < -0.39 is 0 Å². The lowest BCUT2D eigenvalue weighted by Crippen LogP contribution is -2.43. The van der Waals surface area contributed by atoms with Gasteiger partial charge in [0.25, 0.3) is 5.91 Å². The van der Waals surface area contributed by atoms with Crippen LogP contribution in [-0.4, -0.2) is 35.1 Å². The van der Waals surface area contributed by atoms with E-state index in [0.717, 1.165) is 29.8 Å². The number of hydrogen-bond acceptors (Lipinski definition) is 3. The van der Waals surface area contributed by atoms with Crippen molar-refractivity contribution in [2.24, 2.45) is 7.05 Å². The van der Waals surface area contributed by atoms with Gasteiger partial charge in [-0.1, -0.05) is 20.3 Å². The molecule has 1 amide bonds. The molecule has 1 saturated heterocycles. The van der Waals surface area contributed by atoms with Crippen molar-refractivity contribution in [2.45, 2.75) is 39.2 Å². The molecular formula is C19H26N2O2S. The van der Waals surface area contributed by atoms with Crippen LogP contribution >= 0.6 is 11.3 Å². The molecule has 1 aliphatic heterocycles. The van der Waals surface area contributed by atoms with Gasteiger partial charge in [0, 0.05) is 30.4 Å². The number of carbonyl (C=O) groups excluding carboxylic acids is 1. The molecule has 3 rings (SSSR count). The van der Waals surface area contributed by atoms with Gasteiger partial charge in [-0.15, -0.1) is 11.3 Å². The van der Waals surface area contributed by atoms with Gasteiger partial charge in [-0.05, 0) is 36.6 Å². The second kappa shape index (κ2) is 7.53. The number of morpholine rings is 1. The number of ether oxygens (including phenoxy) is 1. The van der Waals surface area contributed by atoms with E-state index in [1.807, 2.05) is 24.2 Å². The minimum Gasteiger partial charge on any atom is -0.377 e. The molecule has 4 nitrogen and oxygen atoms in total. The molecule has 2 aromatic rings. The molecule has 0 radical (unpaired) electrons. The highest BCUT2D eigenvalue weighted by atomic mass is 32.1. The molecule has 0 aliphatic carbocycles. The molecule has 0 aromatic carbocycles. The quantitative estimate of drug-likeness (QED) is 0.825. The van der Waals surface area contributed by atoms with Crippen molar-refractivity contribution in [2.75, 3.05) is 19.8 Å². The summed E-state index contributed by atoms with van der Waals surface area (Å²) in [5, 5.41) is 0. The number of rotatable bonds is 5. The summed E-state index contributed by atoms with van der Waals surface area (Å²) in [5.74, 6) is 0.145. The van der Waals surface area contributed by atoms with E-state index in [9.17, 15) is 4.79 Å².